The third-order valence-corrected chi connectivity index (χ3v) is 5.72. The van der Waals surface area contributed by atoms with E-state index in [9.17, 15) is 8.42 Å². The summed E-state index contributed by atoms with van der Waals surface area (Å²) in [5.74, 6) is 1.24. The first kappa shape index (κ1) is 20.3. The molecular weight excluding hydrogens is 384 g/mol. The summed E-state index contributed by atoms with van der Waals surface area (Å²) in [7, 11) is -0.939. The monoisotopic (exact) mass is 408 g/mol. The molecule has 10 heteroatoms. The molecule has 0 atom stereocenters. The highest BCUT2D eigenvalue weighted by Gasteiger charge is 2.21. The van der Waals surface area contributed by atoms with Crippen LogP contribution in [0.5, 0.6) is 11.5 Å². The Morgan fingerprint density at radius 2 is 1.89 bits per heavy atom. The largest absolute Gasteiger partial charge is 0.497 e. The van der Waals surface area contributed by atoms with Gasteiger partial charge in [0.05, 0.1) is 39.7 Å². The Labute approximate surface area is 164 Å². The molecule has 0 radical (unpaired) electrons. The molecule has 0 spiro atoms. The van der Waals surface area contributed by atoms with Crippen LogP contribution in [-0.2, 0) is 21.3 Å². The summed E-state index contributed by atoms with van der Waals surface area (Å²) in [5, 5.41) is 0. The first-order chi connectivity index (χ1) is 13.4. The molecule has 1 N–H and O–H groups in total. The third kappa shape index (κ3) is 4.70. The van der Waals surface area contributed by atoms with E-state index in [1.807, 2.05) is 11.8 Å². The van der Waals surface area contributed by atoms with Crippen molar-refractivity contribution in [2.75, 3.05) is 45.4 Å². The number of hydrogen-bond donors (Lipinski definition) is 1. The van der Waals surface area contributed by atoms with Crippen molar-refractivity contribution in [3.8, 4) is 11.5 Å². The van der Waals surface area contributed by atoms with Crippen LogP contribution in [0.25, 0.3) is 0 Å². The molecule has 2 heterocycles. The molecule has 0 saturated carbocycles. The predicted octanol–water partition coefficient (Wildman–Crippen LogP) is 1.12. The van der Waals surface area contributed by atoms with Crippen molar-refractivity contribution < 1.29 is 22.6 Å². The van der Waals surface area contributed by atoms with Crippen molar-refractivity contribution >= 4 is 16.0 Å². The highest BCUT2D eigenvalue weighted by Crippen LogP contribution is 2.28. The van der Waals surface area contributed by atoms with Crippen LogP contribution in [0, 0.1) is 6.92 Å². The fourth-order valence-corrected chi connectivity index (χ4v) is 4.03. The van der Waals surface area contributed by atoms with Crippen molar-refractivity contribution in [1.29, 1.82) is 0 Å². The van der Waals surface area contributed by atoms with Crippen molar-refractivity contribution in [2.24, 2.45) is 0 Å². The molecule has 1 fully saturated rings. The zero-order valence-electron chi connectivity index (χ0n) is 16.1. The minimum atomic E-state index is -3.83. The molecule has 1 aromatic carbocycles. The number of hydrogen-bond acceptors (Lipinski definition) is 8. The smallest absolute Gasteiger partial charge is 0.244 e. The van der Waals surface area contributed by atoms with Gasteiger partial charge in [0.2, 0.25) is 16.0 Å². The van der Waals surface area contributed by atoms with Crippen LogP contribution in [0.4, 0.5) is 5.95 Å². The summed E-state index contributed by atoms with van der Waals surface area (Å²) in [5.41, 5.74) is 1.35. The maximum absolute atomic E-state index is 12.8. The Balaban J connectivity index is 1.80. The van der Waals surface area contributed by atoms with Gasteiger partial charge in [0.1, 0.15) is 16.4 Å². The van der Waals surface area contributed by atoms with Gasteiger partial charge in [0.15, 0.2) is 0 Å². The molecule has 3 rings (SSSR count). The van der Waals surface area contributed by atoms with Gasteiger partial charge in [0.25, 0.3) is 0 Å². The van der Waals surface area contributed by atoms with E-state index in [1.165, 1.54) is 20.3 Å². The molecule has 0 amide bonds. The normalized spacial score (nSPS) is 14.8. The highest BCUT2D eigenvalue weighted by molar-refractivity contribution is 7.89. The second kappa shape index (κ2) is 8.72. The number of rotatable bonds is 7. The van der Waals surface area contributed by atoms with Crippen LogP contribution in [0.1, 0.15) is 11.4 Å². The first-order valence-corrected chi connectivity index (χ1v) is 10.3. The zero-order valence-corrected chi connectivity index (χ0v) is 17.0. The number of morpholine rings is 1. The lowest BCUT2D eigenvalue weighted by atomic mass is 10.3. The quantitative estimate of drug-likeness (QED) is 0.727. The minimum absolute atomic E-state index is 0.00790. The summed E-state index contributed by atoms with van der Waals surface area (Å²) in [6.07, 6.45) is 0. The Morgan fingerprint density at radius 1 is 1.14 bits per heavy atom. The number of methoxy groups -OCH3 is 2. The van der Waals surface area contributed by atoms with E-state index in [2.05, 4.69) is 14.7 Å². The molecule has 1 aliphatic heterocycles. The van der Waals surface area contributed by atoms with Crippen molar-refractivity contribution in [2.45, 2.75) is 18.4 Å². The second-order valence-electron chi connectivity index (χ2n) is 6.24. The van der Waals surface area contributed by atoms with Gasteiger partial charge in [0, 0.05) is 24.8 Å². The van der Waals surface area contributed by atoms with Crippen molar-refractivity contribution in [3.63, 3.8) is 0 Å². The molecule has 0 bridgehead atoms. The SMILES string of the molecule is COc1ccc(OC)c(S(=O)(=O)NCc2cc(C)nc(N3CCOCC3)n2)c1. The van der Waals surface area contributed by atoms with E-state index in [4.69, 9.17) is 14.2 Å². The van der Waals surface area contributed by atoms with Crippen LogP contribution in [0.3, 0.4) is 0 Å². The van der Waals surface area contributed by atoms with Gasteiger partial charge in [-0.25, -0.2) is 23.1 Å². The van der Waals surface area contributed by atoms with Gasteiger partial charge < -0.3 is 19.1 Å². The topological polar surface area (TPSA) is 103 Å². The number of ether oxygens (including phenoxy) is 3. The fourth-order valence-electron chi connectivity index (χ4n) is 2.85. The lowest BCUT2D eigenvalue weighted by Gasteiger charge is -2.27. The molecular formula is C18H24N4O5S. The van der Waals surface area contributed by atoms with E-state index in [1.54, 1.807) is 18.2 Å². The van der Waals surface area contributed by atoms with E-state index < -0.39 is 10.0 Å². The Bertz CT molecular complexity index is 930. The van der Waals surface area contributed by atoms with E-state index in [0.717, 1.165) is 5.69 Å². The van der Waals surface area contributed by atoms with Gasteiger partial charge >= 0.3 is 0 Å². The van der Waals surface area contributed by atoms with Crippen LogP contribution in [0.2, 0.25) is 0 Å². The summed E-state index contributed by atoms with van der Waals surface area (Å²) in [4.78, 5) is 11.0. The molecule has 1 saturated heterocycles. The average molecular weight is 408 g/mol. The Hall–Kier alpha value is -2.43. The number of anilines is 1. The summed E-state index contributed by atoms with van der Waals surface area (Å²) in [6, 6.07) is 6.37. The van der Waals surface area contributed by atoms with Gasteiger partial charge in [-0.15, -0.1) is 0 Å². The van der Waals surface area contributed by atoms with E-state index in [0.29, 0.717) is 43.7 Å². The predicted molar refractivity (Wildman–Crippen MR) is 103 cm³/mol. The maximum atomic E-state index is 12.8. The number of aromatic nitrogens is 2. The minimum Gasteiger partial charge on any atom is -0.497 e. The number of benzene rings is 1. The molecule has 0 aliphatic carbocycles. The van der Waals surface area contributed by atoms with Gasteiger partial charge in [-0.05, 0) is 25.1 Å². The molecule has 0 unspecified atom stereocenters. The van der Waals surface area contributed by atoms with Crippen molar-refractivity contribution in [3.05, 3.63) is 35.7 Å². The highest BCUT2D eigenvalue weighted by atomic mass is 32.2. The summed E-state index contributed by atoms with van der Waals surface area (Å²) in [6.45, 7) is 4.53. The number of nitrogens with one attached hydrogen (secondary N) is 1. The lowest BCUT2D eigenvalue weighted by molar-refractivity contribution is 0.122. The zero-order chi connectivity index (χ0) is 20.1. The molecule has 28 heavy (non-hydrogen) atoms. The number of sulfonamides is 1. The van der Waals surface area contributed by atoms with E-state index >= 15 is 0 Å². The van der Waals surface area contributed by atoms with Gasteiger partial charge in [-0.3, -0.25) is 0 Å². The number of aryl methyl sites for hydroxylation is 1. The van der Waals surface area contributed by atoms with Crippen molar-refractivity contribution in [1.82, 2.24) is 14.7 Å². The molecule has 9 nitrogen and oxygen atoms in total. The van der Waals surface area contributed by atoms with Crippen LogP contribution >= 0.6 is 0 Å². The molecule has 1 aromatic heterocycles. The summed E-state index contributed by atoms with van der Waals surface area (Å²) < 4.78 is 43.9. The standard InChI is InChI=1S/C18H24N4O5S/c1-13-10-14(21-18(20-13)22-6-8-27-9-7-22)12-19-28(23,24)17-11-15(25-2)4-5-16(17)26-3/h4-5,10-11,19H,6-9,12H2,1-3H3. The van der Waals surface area contributed by atoms with Crippen LogP contribution in [-0.4, -0.2) is 58.9 Å². The Kier molecular flexibility index (Phi) is 6.32. The fraction of sp³-hybridized carbons (Fsp3) is 0.444. The maximum Gasteiger partial charge on any atom is 0.244 e. The first-order valence-electron chi connectivity index (χ1n) is 8.82. The van der Waals surface area contributed by atoms with Gasteiger partial charge in [-0.2, -0.15) is 0 Å². The summed E-state index contributed by atoms with van der Waals surface area (Å²) >= 11 is 0. The van der Waals surface area contributed by atoms with Crippen LogP contribution < -0.4 is 19.1 Å². The lowest BCUT2D eigenvalue weighted by Crippen LogP contribution is -2.37. The molecule has 152 valence electrons. The number of nitrogens with zero attached hydrogens (tertiary/aromatic N) is 3. The van der Waals surface area contributed by atoms with E-state index in [-0.39, 0.29) is 17.2 Å². The Morgan fingerprint density at radius 3 is 2.57 bits per heavy atom. The van der Waals surface area contributed by atoms with Crippen LogP contribution in [0.15, 0.2) is 29.2 Å². The second-order valence-corrected chi connectivity index (χ2v) is 7.98. The third-order valence-electron chi connectivity index (χ3n) is 4.29. The average Bonchev–Trinajstić information content (AvgIpc) is 2.72. The molecule has 2 aromatic rings. The van der Waals surface area contributed by atoms with Gasteiger partial charge in [-0.1, -0.05) is 0 Å². The molecule has 1 aliphatic rings.